The lowest BCUT2D eigenvalue weighted by Gasteiger charge is -2.41. The molecule has 0 bridgehead atoms. The second-order valence-corrected chi connectivity index (χ2v) is 7.52. The largest absolute Gasteiger partial charge is 0.494 e. The summed E-state index contributed by atoms with van der Waals surface area (Å²) in [6, 6.07) is 7.09. The minimum Gasteiger partial charge on any atom is -0.494 e. The van der Waals surface area contributed by atoms with Crippen LogP contribution in [0.5, 0.6) is 5.75 Å². The quantitative estimate of drug-likeness (QED) is 0.686. The Labute approximate surface area is 157 Å². The molecule has 5 nitrogen and oxygen atoms in total. The van der Waals surface area contributed by atoms with E-state index in [0.717, 1.165) is 18.8 Å². The molecular formula is C21H32N2O3. The van der Waals surface area contributed by atoms with Gasteiger partial charge in [-0.3, -0.25) is 14.5 Å². The monoisotopic (exact) mass is 360 g/mol. The van der Waals surface area contributed by atoms with Gasteiger partial charge in [0.2, 0.25) is 5.91 Å². The molecule has 1 aliphatic rings. The van der Waals surface area contributed by atoms with Gasteiger partial charge < -0.3 is 10.1 Å². The lowest BCUT2D eigenvalue weighted by molar-refractivity contribution is -0.121. The molecular weight excluding hydrogens is 328 g/mol. The van der Waals surface area contributed by atoms with Gasteiger partial charge in [0.1, 0.15) is 5.75 Å². The maximum Gasteiger partial charge on any atom is 0.220 e. The number of ether oxygens (including phenoxy) is 1. The SMILES string of the molecule is CCOc1ccc(C(=O)CCC(=O)NCC(C)(C)N2CCCCC2)cc1. The zero-order valence-electron chi connectivity index (χ0n) is 16.3. The van der Waals surface area contributed by atoms with Gasteiger partial charge in [-0.05, 0) is 71.0 Å². The van der Waals surface area contributed by atoms with Gasteiger partial charge >= 0.3 is 0 Å². The molecule has 0 spiro atoms. The van der Waals surface area contributed by atoms with E-state index in [0.29, 0.717) is 18.7 Å². The maximum absolute atomic E-state index is 12.2. The fourth-order valence-electron chi connectivity index (χ4n) is 3.29. The van der Waals surface area contributed by atoms with E-state index < -0.39 is 0 Å². The molecule has 1 fully saturated rings. The second kappa shape index (κ2) is 9.72. The molecule has 1 N–H and O–H groups in total. The molecule has 2 rings (SSSR count). The Balaban J connectivity index is 1.74. The van der Waals surface area contributed by atoms with E-state index in [1.165, 1.54) is 19.3 Å². The van der Waals surface area contributed by atoms with Gasteiger partial charge in [0, 0.05) is 30.5 Å². The summed E-state index contributed by atoms with van der Waals surface area (Å²) >= 11 is 0. The molecule has 0 aromatic heterocycles. The number of carbonyl (C=O) groups excluding carboxylic acids is 2. The lowest BCUT2D eigenvalue weighted by atomic mass is 9.98. The molecule has 1 aromatic rings. The van der Waals surface area contributed by atoms with E-state index in [4.69, 9.17) is 4.74 Å². The number of ketones is 1. The molecule has 0 unspecified atom stereocenters. The average molecular weight is 360 g/mol. The van der Waals surface area contributed by atoms with E-state index in [1.54, 1.807) is 24.3 Å². The Bertz CT molecular complexity index is 590. The molecule has 1 aliphatic heterocycles. The number of nitrogens with one attached hydrogen (secondary N) is 1. The predicted octanol–water partition coefficient (Wildman–Crippen LogP) is 3.43. The van der Waals surface area contributed by atoms with Crippen LogP contribution >= 0.6 is 0 Å². The van der Waals surface area contributed by atoms with Crippen LogP contribution in [0.2, 0.25) is 0 Å². The van der Waals surface area contributed by atoms with Gasteiger partial charge in [0.05, 0.1) is 6.61 Å². The topological polar surface area (TPSA) is 58.6 Å². The van der Waals surface area contributed by atoms with Crippen molar-refractivity contribution < 1.29 is 14.3 Å². The number of benzene rings is 1. The van der Waals surface area contributed by atoms with Gasteiger partial charge in [0.15, 0.2) is 5.78 Å². The fraction of sp³-hybridized carbons (Fsp3) is 0.619. The number of nitrogens with zero attached hydrogens (tertiary/aromatic N) is 1. The normalized spacial score (nSPS) is 15.5. The molecule has 1 aromatic carbocycles. The first-order valence-corrected chi connectivity index (χ1v) is 9.70. The van der Waals surface area contributed by atoms with E-state index in [2.05, 4.69) is 24.1 Å². The van der Waals surface area contributed by atoms with Crippen molar-refractivity contribution >= 4 is 11.7 Å². The highest BCUT2D eigenvalue weighted by Gasteiger charge is 2.28. The number of rotatable bonds is 9. The third kappa shape index (κ3) is 6.13. The van der Waals surface area contributed by atoms with Crippen LogP contribution in [0.25, 0.3) is 0 Å². The van der Waals surface area contributed by atoms with Gasteiger partial charge in [-0.1, -0.05) is 6.42 Å². The van der Waals surface area contributed by atoms with Crippen molar-refractivity contribution in [1.29, 1.82) is 0 Å². The smallest absolute Gasteiger partial charge is 0.220 e. The summed E-state index contributed by atoms with van der Waals surface area (Å²) in [6.45, 7) is 9.67. The number of amides is 1. The molecule has 1 amide bonds. The van der Waals surface area contributed by atoms with Crippen LogP contribution in [-0.2, 0) is 4.79 Å². The predicted molar refractivity (Wildman–Crippen MR) is 104 cm³/mol. The zero-order valence-corrected chi connectivity index (χ0v) is 16.3. The number of likely N-dealkylation sites (tertiary alicyclic amines) is 1. The van der Waals surface area contributed by atoms with Gasteiger partial charge in [-0.2, -0.15) is 0 Å². The van der Waals surface area contributed by atoms with Crippen molar-refractivity contribution in [2.45, 2.75) is 58.4 Å². The molecule has 1 saturated heterocycles. The number of hydrogen-bond donors (Lipinski definition) is 1. The fourth-order valence-corrected chi connectivity index (χ4v) is 3.29. The van der Waals surface area contributed by atoms with Crippen molar-refractivity contribution in [2.24, 2.45) is 0 Å². The summed E-state index contributed by atoms with van der Waals surface area (Å²) in [7, 11) is 0. The Hall–Kier alpha value is -1.88. The maximum atomic E-state index is 12.2. The first-order chi connectivity index (χ1) is 12.4. The van der Waals surface area contributed by atoms with Crippen molar-refractivity contribution in [3.63, 3.8) is 0 Å². The van der Waals surface area contributed by atoms with Crippen LogP contribution in [0.3, 0.4) is 0 Å². The van der Waals surface area contributed by atoms with Crippen molar-refractivity contribution in [1.82, 2.24) is 10.2 Å². The summed E-state index contributed by atoms with van der Waals surface area (Å²) in [5.74, 6) is 0.676. The zero-order chi connectivity index (χ0) is 19.0. The molecule has 0 radical (unpaired) electrons. The number of piperidine rings is 1. The van der Waals surface area contributed by atoms with Crippen molar-refractivity contribution in [2.75, 3.05) is 26.2 Å². The average Bonchev–Trinajstić information content (AvgIpc) is 2.66. The van der Waals surface area contributed by atoms with Crippen LogP contribution in [0.4, 0.5) is 0 Å². The third-order valence-corrected chi connectivity index (χ3v) is 5.00. The summed E-state index contributed by atoms with van der Waals surface area (Å²) in [4.78, 5) is 26.8. The van der Waals surface area contributed by atoms with Crippen LogP contribution in [0, 0.1) is 0 Å². The van der Waals surface area contributed by atoms with Gasteiger partial charge in [-0.15, -0.1) is 0 Å². The number of Topliss-reactive ketones (excluding diaryl/α,β-unsaturated/α-hetero) is 1. The van der Waals surface area contributed by atoms with Gasteiger partial charge in [-0.25, -0.2) is 0 Å². The molecule has 26 heavy (non-hydrogen) atoms. The van der Waals surface area contributed by atoms with E-state index in [1.807, 2.05) is 6.92 Å². The Kier molecular flexibility index (Phi) is 7.64. The first kappa shape index (κ1) is 20.4. The highest BCUT2D eigenvalue weighted by Crippen LogP contribution is 2.20. The van der Waals surface area contributed by atoms with Crippen LogP contribution in [0.1, 0.15) is 63.2 Å². The number of hydrogen-bond acceptors (Lipinski definition) is 4. The van der Waals surface area contributed by atoms with Crippen LogP contribution in [0.15, 0.2) is 24.3 Å². The number of carbonyl (C=O) groups is 2. The Morgan fingerprint density at radius 1 is 1.08 bits per heavy atom. The van der Waals surface area contributed by atoms with Crippen molar-refractivity contribution in [3.8, 4) is 5.75 Å². The molecule has 144 valence electrons. The Morgan fingerprint density at radius 3 is 2.35 bits per heavy atom. The molecule has 5 heteroatoms. The highest BCUT2D eigenvalue weighted by atomic mass is 16.5. The molecule has 0 atom stereocenters. The second-order valence-electron chi connectivity index (χ2n) is 7.52. The summed E-state index contributed by atoms with van der Waals surface area (Å²) in [6.07, 6.45) is 4.21. The lowest BCUT2D eigenvalue weighted by Crippen LogP contribution is -2.53. The molecule has 1 heterocycles. The minimum atomic E-state index is -0.0608. The van der Waals surface area contributed by atoms with Crippen LogP contribution in [-0.4, -0.2) is 48.4 Å². The van der Waals surface area contributed by atoms with Crippen molar-refractivity contribution in [3.05, 3.63) is 29.8 Å². The van der Waals surface area contributed by atoms with E-state index >= 15 is 0 Å². The summed E-state index contributed by atoms with van der Waals surface area (Å²) in [5, 5.41) is 3.00. The third-order valence-electron chi connectivity index (χ3n) is 5.00. The van der Waals surface area contributed by atoms with E-state index in [-0.39, 0.29) is 30.1 Å². The van der Waals surface area contributed by atoms with E-state index in [9.17, 15) is 9.59 Å². The standard InChI is InChI=1S/C21H32N2O3/c1-4-26-18-10-8-17(9-11-18)19(24)12-13-20(25)22-16-21(2,3)23-14-6-5-7-15-23/h8-11H,4-7,12-16H2,1-3H3,(H,22,25). The van der Waals surface area contributed by atoms with Crippen LogP contribution < -0.4 is 10.1 Å². The summed E-state index contributed by atoms with van der Waals surface area (Å²) < 4.78 is 5.37. The highest BCUT2D eigenvalue weighted by molar-refractivity contribution is 5.98. The first-order valence-electron chi connectivity index (χ1n) is 9.70. The minimum absolute atomic E-state index is 0.0153. The summed E-state index contributed by atoms with van der Waals surface area (Å²) in [5.41, 5.74) is 0.574. The Morgan fingerprint density at radius 2 is 1.73 bits per heavy atom. The van der Waals surface area contributed by atoms with Gasteiger partial charge in [0.25, 0.3) is 0 Å². The molecule has 0 aliphatic carbocycles. The molecule has 0 saturated carbocycles.